The van der Waals surface area contributed by atoms with Gasteiger partial charge in [0.05, 0.1) is 17.2 Å². The number of halogens is 3. The van der Waals surface area contributed by atoms with Crippen LogP contribution in [-0.4, -0.2) is 48.1 Å². The van der Waals surface area contributed by atoms with Crippen LogP contribution in [0.4, 0.5) is 0 Å². The lowest BCUT2D eigenvalue weighted by Gasteiger charge is -2.32. The molecule has 1 aliphatic carbocycles. The van der Waals surface area contributed by atoms with Crippen LogP contribution in [0.15, 0.2) is 24.3 Å². The molecular formula is C21H28Cl3N3O2. The molecule has 0 spiro atoms. The van der Waals surface area contributed by atoms with Gasteiger partial charge < -0.3 is 15.4 Å². The zero-order valence-electron chi connectivity index (χ0n) is 16.3. The van der Waals surface area contributed by atoms with E-state index in [1.54, 1.807) is 0 Å². The van der Waals surface area contributed by atoms with Gasteiger partial charge in [0.15, 0.2) is 0 Å². The van der Waals surface area contributed by atoms with Crippen LogP contribution in [0.5, 0.6) is 0 Å². The van der Waals surface area contributed by atoms with Crippen LogP contribution in [0.2, 0.25) is 5.02 Å². The normalized spacial score (nSPS) is 17.0. The van der Waals surface area contributed by atoms with Gasteiger partial charge in [-0.1, -0.05) is 11.6 Å². The number of aromatic nitrogens is 1. The average molecular weight is 461 g/mol. The summed E-state index contributed by atoms with van der Waals surface area (Å²) in [6.45, 7) is 2.79. The predicted octanol–water partition coefficient (Wildman–Crippen LogP) is 4.58. The van der Waals surface area contributed by atoms with Gasteiger partial charge in [-0.25, -0.2) is 0 Å². The first kappa shape index (κ1) is 24.2. The minimum absolute atomic E-state index is 0. The Hall–Kier alpha value is -1.11. The summed E-state index contributed by atoms with van der Waals surface area (Å²) in [5.74, 6) is 0.574. The summed E-state index contributed by atoms with van der Waals surface area (Å²) >= 11 is 6.20. The second-order valence-corrected chi connectivity index (χ2v) is 7.97. The van der Waals surface area contributed by atoms with Crippen molar-refractivity contribution in [2.75, 3.05) is 26.2 Å². The Morgan fingerprint density at radius 1 is 1.17 bits per heavy atom. The highest BCUT2D eigenvalue weighted by atomic mass is 35.5. The van der Waals surface area contributed by atoms with Crippen molar-refractivity contribution >= 4 is 53.2 Å². The Bertz CT molecular complexity index is 837. The van der Waals surface area contributed by atoms with Gasteiger partial charge in [-0.2, -0.15) is 0 Å². The van der Waals surface area contributed by atoms with Crippen LogP contribution in [-0.2, 0) is 4.74 Å². The topological polar surface area (TPSA) is 68.5 Å². The smallest absolute Gasteiger partial charge is 0.254 e. The lowest BCUT2D eigenvalue weighted by molar-refractivity contribution is 0.00849. The molecule has 2 fully saturated rings. The summed E-state index contributed by atoms with van der Waals surface area (Å²) < 4.78 is 5.86. The first-order valence-corrected chi connectivity index (χ1v) is 10.2. The number of pyridine rings is 1. The Kier molecular flexibility index (Phi) is 8.98. The fraction of sp³-hybridized carbons (Fsp3) is 0.524. The molecular weight excluding hydrogens is 433 g/mol. The van der Waals surface area contributed by atoms with E-state index in [9.17, 15) is 4.79 Å². The monoisotopic (exact) mass is 459 g/mol. The molecule has 8 heteroatoms. The summed E-state index contributed by atoms with van der Waals surface area (Å²) in [7, 11) is 0. The van der Waals surface area contributed by atoms with E-state index in [4.69, 9.17) is 27.1 Å². The van der Waals surface area contributed by atoms with Crippen LogP contribution < -0.4 is 5.73 Å². The average Bonchev–Trinajstić information content (AvgIpc) is 3.53. The number of likely N-dealkylation sites (tertiary alicyclic amines) is 1. The van der Waals surface area contributed by atoms with Crippen LogP contribution in [0.1, 0.15) is 54.1 Å². The van der Waals surface area contributed by atoms with Crippen molar-refractivity contribution in [2.24, 2.45) is 5.73 Å². The Morgan fingerprint density at radius 3 is 2.55 bits per heavy atom. The molecule has 2 N–H and O–H groups in total. The molecule has 1 aromatic heterocycles. The van der Waals surface area contributed by atoms with Gasteiger partial charge in [0.2, 0.25) is 0 Å². The second kappa shape index (κ2) is 10.8. The van der Waals surface area contributed by atoms with E-state index in [0.29, 0.717) is 24.1 Å². The number of hydrogen-bond acceptors (Lipinski definition) is 4. The fourth-order valence-corrected chi connectivity index (χ4v) is 3.88. The zero-order valence-corrected chi connectivity index (χ0v) is 18.7. The molecule has 1 saturated heterocycles. The van der Waals surface area contributed by atoms with Gasteiger partial charge in [0.25, 0.3) is 5.91 Å². The zero-order chi connectivity index (χ0) is 18.8. The highest BCUT2D eigenvalue weighted by Crippen LogP contribution is 2.40. The number of ether oxygens (including phenoxy) is 1. The van der Waals surface area contributed by atoms with Crippen LogP contribution in [0.3, 0.4) is 0 Å². The third-order valence-corrected chi connectivity index (χ3v) is 5.68. The maximum atomic E-state index is 13.3. The van der Waals surface area contributed by atoms with Crippen molar-refractivity contribution in [1.29, 1.82) is 0 Å². The summed E-state index contributed by atoms with van der Waals surface area (Å²) in [6.07, 6.45) is 5.17. The Morgan fingerprint density at radius 2 is 1.90 bits per heavy atom. The number of rotatable bonds is 6. The first-order chi connectivity index (χ1) is 13.2. The summed E-state index contributed by atoms with van der Waals surface area (Å²) in [6, 6.07) is 7.60. The molecule has 1 aromatic carbocycles. The molecule has 1 amide bonds. The van der Waals surface area contributed by atoms with Crippen molar-refractivity contribution < 1.29 is 9.53 Å². The minimum Gasteiger partial charge on any atom is -0.378 e. The minimum atomic E-state index is 0. The molecule has 4 rings (SSSR count). The van der Waals surface area contributed by atoms with Crippen molar-refractivity contribution in [3.8, 4) is 0 Å². The predicted molar refractivity (Wildman–Crippen MR) is 122 cm³/mol. The van der Waals surface area contributed by atoms with E-state index < -0.39 is 0 Å². The van der Waals surface area contributed by atoms with E-state index in [1.165, 1.54) is 0 Å². The number of nitrogens with two attached hydrogens (primary N) is 1. The van der Waals surface area contributed by atoms with Gasteiger partial charge in [0, 0.05) is 41.7 Å². The van der Waals surface area contributed by atoms with E-state index in [-0.39, 0.29) is 36.8 Å². The quantitative estimate of drug-likeness (QED) is 0.641. The van der Waals surface area contributed by atoms with Crippen molar-refractivity contribution in [3.63, 3.8) is 0 Å². The maximum absolute atomic E-state index is 13.3. The molecule has 1 aliphatic heterocycles. The maximum Gasteiger partial charge on any atom is 0.254 e. The van der Waals surface area contributed by atoms with Gasteiger partial charge in [0.1, 0.15) is 0 Å². The molecule has 1 saturated carbocycles. The molecule has 0 bridgehead atoms. The number of piperidine rings is 1. The lowest BCUT2D eigenvalue weighted by atomic mass is 10.0. The van der Waals surface area contributed by atoms with Crippen molar-refractivity contribution in [3.05, 3.63) is 40.5 Å². The van der Waals surface area contributed by atoms with Crippen molar-refractivity contribution in [1.82, 2.24) is 9.88 Å². The van der Waals surface area contributed by atoms with E-state index >= 15 is 0 Å². The molecule has 160 valence electrons. The number of carbonyl (C=O) groups excluding carboxylic acids is 1. The number of fused-ring (bicyclic) bond motifs is 1. The highest BCUT2D eigenvalue weighted by Gasteiger charge is 2.29. The summed E-state index contributed by atoms with van der Waals surface area (Å²) in [5.41, 5.74) is 8.13. The van der Waals surface area contributed by atoms with E-state index in [2.05, 4.69) is 0 Å². The highest BCUT2D eigenvalue weighted by molar-refractivity contribution is 6.31. The summed E-state index contributed by atoms with van der Waals surface area (Å²) in [5, 5.41) is 1.47. The van der Waals surface area contributed by atoms with E-state index in [1.807, 2.05) is 29.2 Å². The Balaban J connectivity index is 0.00000150. The first-order valence-electron chi connectivity index (χ1n) is 9.87. The standard InChI is InChI=1S/C21H26ClN3O2.2ClH/c22-15-4-5-19-17(12-15)18(13-20(24-19)14-2-3-14)21(26)25-9-6-16(7-10-25)27-11-1-8-23;;/h4-5,12-14,16H,1-3,6-11,23H2;2*1H. The van der Waals surface area contributed by atoms with Gasteiger partial charge in [-0.05, 0) is 62.9 Å². The molecule has 0 radical (unpaired) electrons. The third kappa shape index (κ3) is 5.74. The molecule has 0 atom stereocenters. The molecule has 29 heavy (non-hydrogen) atoms. The van der Waals surface area contributed by atoms with Crippen LogP contribution >= 0.6 is 36.4 Å². The summed E-state index contributed by atoms with van der Waals surface area (Å²) in [4.78, 5) is 20.0. The van der Waals surface area contributed by atoms with Gasteiger partial charge >= 0.3 is 0 Å². The Labute approximate surface area is 189 Å². The van der Waals surface area contributed by atoms with Gasteiger partial charge in [-0.15, -0.1) is 24.8 Å². The molecule has 2 heterocycles. The van der Waals surface area contributed by atoms with Crippen molar-refractivity contribution in [2.45, 2.75) is 44.1 Å². The second-order valence-electron chi connectivity index (χ2n) is 7.54. The SMILES string of the molecule is Cl.Cl.NCCCOC1CCN(C(=O)c2cc(C3CC3)nc3ccc(Cl)cc23)CC1. The molecule has 0 unspecified atom stereocenters. The third-order valence-electron chi connectivity index (χ3n) is 5.45. The van der Waals surface area contributed by atoms with E-state index in [0.717, 1.165) is 67.4 Å². The molecule has 5 nitrogen and oxygen atoms in total. The largest absolute Gasteiger partial charge is 0.378 e. The van der Waals surface area contributed by atoms with Crippen LogP contribution in [0, 0.1) is 0 Å². The molecule has 2 aromatic rings. The number of benzene rings is 1. The fourth-order valence-electron chi connectivity index (χ4n) is 3.71. The van der Waals surface area contributed by atoms with Gasteiger partial charge in [-0.3, -0.25) is 9.78 Å². The van der Waals surface area contributed by atoms with Crippen LogP contribution in [0.25, 0.3) is 10.9 Å². The lowest BCUT2D eigenvalue weighted by Crippen LogP contribution is -2.41. The number of carbonyl (C=O) groups is 1. The number of amides is 1. The molecule has 2 aliphatic rings. The number of hydrogen-bond donors (Lipinski definition) is 1. The number of nitrogens with zero attached hydrogens (tertiary/aromatic N) is 2.